The largest absolute Gasteiger partial charge is 0.496 e. The molecule has 0 saturated carbocycles. The maximum atomic E-state index is 13.4. The van der Waals surface area contributed by atoms with Crippen molar-refractivity contribution in [3.63, 3.8) is 0 Å². The van der Waals surface area contributed by atoms with Crippen molar-refractivity contribution in [1.29, 1.82) is 0 Å². The van der Waals surface area contributed by atoms with Gasteiger partial charge in [0.25, 0.3) is 5.56 Å². The van der Waals surface area contributed by atoms with Crippen molar-refractivity contribution in [2.24, 2.45) is 0 Å². The van der Waals surface area contributed by atoms with E-state index in [9.17, 15) is 4.79 Å². The lowest BCUT2D eigenvalue weighted by molar-refractivity contribution is 0.0410. The molecule has 0 unspecified atom stereocenters. The second-order valence-corrected chi connectivity index (χ2v) is 8.70. The number of fused-ring (bicyclic) bond motifs is 3. The Morgan fingerprint density at radius 1 is 1.06 bits per heavy atom. The summed E-state index contributed by atoms with van der Waals surface area (Å²) in [5.74, 6) is 2.17. The molecule has 1 aliphatic heterocycles. The summed E-state index contributed by atoms with van der Waals surface area (Å²) >= 11 is 1.66. The third-order valence-electron chi connectivity index (χ3n) is 5.74. The van der Waals surface area contributed by atoms with Crippen LogP contribution in [0, 0.1) is 0 Å². The maximum absolute atomic E-state index is 13.4. The highest BCUT2D eigenvalue weighted by atomic mass is 32.2. The topological polar surface area (TPSA) is 73.9 Å². The molecule has 0 aliphatic carbocycles. The highest BCUT2D eigenvalue weighted by Crippen LogP contribution is 2.24. The second-order valence-electron chi connectivity index (χ2n) is 7.64. The third kappa shape index (κ3) is 3.99. The molecule has 2 aromatic heterocycles. The molecule has 0 radical (unpaired) electrons. The van der Waals surface area contributed by atoms with Gasteiger partial charge in [0, 0.05) is 31.0 Å². The molecule has 0 N–H and O–H groups in total. The summed E-state index contributed by atoms with van der Waals surface area (Å²) in [6.07, 6.45) is 0. The second kappa shape index (κ2) is 9.32. The van der Waals surface area contributed by atoms with E-state index in [1.165, 1.54) is 0 Å². The first-order valence-electron chi connectivity index (χ1n) is 10.7. The van der Waals surface area contributed by atoms with Crippen molar-refractivity contribution in [2.45, 2.75) is 11.7 Å². The Labute approximate surface area is 189 Å². The summed E-state index contributed by atoms with van der Waals surface area (Å²) in [7, 11) is 1.64. The lowest BCUT2D eigenvalue weighted by Gasteiger charge is -2.26. The van der Waals surface area contributed by atoms with Crippen LogP contribution in [0.25, 0.3) is 16.7 Å². The predicted molar refractivity (Wildman–Crippen MR) is 125 cm³/mol. The Balaban J connectivity index is 1.54. The number of benzene rings is 2. The average molecular weight is 452 g/mol. The van der Waals surface area contributed by atoms with Gasteiger partial charge in [-0.05, 0) is 18.2 Å². The first-order chi connectivity index (χ1) is 15.8. The van der Waals surface area contributed by atoms with Gasteiger partial charge in [-0.25, -0.2) is 0 Å². The van der Waals surface area contributed by atoms with Crippen LogP contribution < -0.4 is 10.3 Å². The quantitative estimate of drug-likeness (QED) is 0.400. The van der Waals surface area contributed by atoms with Crippen molar-refractivity contribution < 1.29 is 9.47 Å². The number of ether oxygens (including phenoxy) is 2. The van der Waals surface area contributed by atoms with Crippen LogP contribution in [-0.2, 0) is 11.3 Å². The lowest BCUT2D eigenvalue weighted by atomic mass is 10.2. The van der Waals surface area contributed by atoms with Crippen molar-refractivity contribution in [3.05, 3.63) is 64.4 Å². The van der Waals surface area contributed by atoms with Crippen LogP contribution >= 0.6 is 11.8 Å². The lowest BCUT2D eigenvalue weighted by Crippen LogP contribution is -2.37. The average Bonchev–Trinajstić information content (AvgIpc) is 3.26. The highest BCUT2D eigenvalue weighted by molar-refractivity contribution is 7.99. The zero-order chi connectivity index (χ0) is 21.9. The van der Waals surface area contributed by atoms with Crippen LogP contribution in [0.1, 0.15) is 5.56 Å². The standard InChI is InChI=1S/C23H25N5O3S/c1-30-20-9-5-2-6-17(20)16-27-21(29)18-7-3-4-8-19(18)28-22(27)24-25-23(28)32-15-12-26-10-13-31-14-11-26/h2-9H,10-16H2,1H3. The number of methoxy groups -OCH3 is 1. The molecule has 8 nitrogen and oxygen atoms in total. The minimum absolute atomic E-state index is 0.0868. The van der Waals surface area contributed by atoms with E-state index < -0.39 is 0 Å². The number of morpholine rings is 1. The number of nitrogens with zero attached hydrogens (tertiary/aromatic N) is 5. The van der Waals surface area contributed by atoms with Crippen LogP contribution in [-0.4, -0.2) is 69.8 Å². The molecule has 5 rings (SSSR count). The van der Waals surface area contributed by atoms with E-state index in [1.807, 2.05) is 52.9 Å². The van der Waals surface area contributed by atoms with Gasteiger partial charge in [-0.2, -0.15) is 0 Å². The van der Waals surface area contributed by atoms with Crippen LogP contribution in [0.15, 0.2) is 58.5 Å². The van der Waals surface area contributed by atoms with Crippen molar-refractivity contribution in [1.82, 2.24) is 24.1 Å². The number of hydrogen-bond acceptors (Lipinski definition) is 7. The fraction of sp³-hybridized carbons (Fsp3) is 0.348. The van der Waals surface area contributed by atoms with Gasteiger partial charge >= 0.3 is 0 Å². The molecule has 1 saturated heterocycles. The zero-order valence-corrected chi connectivity index (χ0v) is 18.8. The van der Waals surface area contributed by atoms with Gasteiger partial charge in [0.05, 0.1) is 37.8 Å². The highest BCUT2D eigenvalue weighted by Gasteiger charge is 2.18. The molecular formula is C23H25N5O3S. The van der Waals surface area contributed by atoms with Crippen molar-refractivity contribution in [3.8, 4) is 5.75 Å². The first-order valence-corrected chi connectivity index (χ1v) is 11.7. The Morgan fingerprint density at radius 3 is 2.69 bits per heavy atom. The first kappa shape index (κ1) is 21.0. The fourth-order valence-corrected chi connectivity index (χ4v) is 5.00. The SMILES string of the molecule is COc1ccccc1Cn1c(=O)c2ccccc2n2c(SCCN3CCOCC3)nnc12. The van der Waals surface area contributed by atoms with Crippen LogP contribution in [0.4, 0.5) is 0 Å². The number of hydrogen-bond donors (Lipinski definition) is 0. The van der Waals surface area contributed by atoms with Crippen LogP contribution in [0.2, 0.25) is 0 Å². The monoisotopic (exact) mass is 451 g/mol. The van der Waals surface area contributed by atoms with Gasteiger partial charge in [-0.3, -0.25) is 18.7 Å². The van der Waals surface area contributed by atoms with E-state index in [1.54, 1.807) is 23.4 Å². The molecule has 0 spiro atoms. The number of thioether (sulfide) groups is 1. The fourth-order valence-electron chi connectivity index (χ4n) is 4.06. The molecule has 0 bridgehead atoms. The zero-order valence-electron chi connectivity index (χ0n) is 17.9. The Kier molecular flexibility index (Phi) is 6.11. The summed E-state index contributed by atoms with van der Waals surface area (Å²) in [6.45, 7) is 4.82. The molecule has 2 aromatic carbocycles. The van der Waals surface area contributed by atoms with E-state index in [-0.39, 0.29) is 5.56 Å². The Hall–Kier alpha value is -2.88. The van der Waals surface area contributed by atoms with Gasteiger partial charge in [-0.15, -0.1) is 10.2 Å². The summed E-state index contributed by atoms with van der Waals surface area (Å²) in [5, 5.41) is 10.3. The molecule has 0 amide bonds. The smallest absolute Gasteiger partial charge is 0.263 e. The van der Waals surface area contributed by atoms with E-state index >= 15 is 0 Å². The molecule has 3 heterocycles. The predicted octanol–water partition coefficient (Wildman–Crippen LogP) is 2.53. The Bertz CT molecular complexity index is 1300. The molecule has 1 aliphatic rings. The molecule has 4 aromatic rings. The van der Waals surface area contributed by atoms with Crippen LogP contribution in [0.3, 0.4) is 0 Å². The van der Waals surface area contributed by atoms with Gasteiger partial charge in [0.1, 0.15) is 5.75 Å². The third-order valence-corrected chi connectivity index (χ3v) is 6.65. The maximum Gasteiger partial charge on any atom is 0.263 e. The van der Waals surface area contributed by atoms with Gasteiger partial charge in [-0.1, -0.05) is 42.1 Å². The van der Waals surface area contributed by atoms with Gasteiger partial charge < -0.3 is 9.47 Å². The number of para-hydroxylation sites is 2. The number of rotatable bonds is 7. The molecule has 166 valence electrons. The van der Waals surface area contributed by atoms with Gasteiger partial charge in [0.15, 0.2) is 5.16 Å². The van der Waals surface area contributed by atoms with Crippen molar-refractivity contribution >= 4 is 28.4 Å². The number of aromatic nitrogens is 4. The van der Waals surface area contributed by atoms with Gasteiger partial charge in [0.2, 0.25) is 5.78 Å². The molecule has 32 heavy (non-hydrogen) atoms. The molecule has 1 fully saturated rings. The van der Waals surface area contributed by atoms with E-state index in [0.29, 0.717) is 17.7 Å². The molecular weight excluding hydrogens is 426 g/mol. The molecule has 9 heteroatoms. The minimum Gasteiger partial charge on any atom is -0.496 e. The minimum atomic E-state index is -0.0868. The summed E-state index contributed by atoms with van der Waals surface area (Å²) in [6, 6.07) is 15.4. The van der Waals surface area contributed by atoms with Crippen molar-refractivity contribution in [2.75, 3.05) is 45.7 Å². The van der Waals surface area contributed by atoms with Crippen LogP contribution in [0.5, 0.6) is 5.75 Å². The van der Waals surface area contributed by atoms with E-state index in [4.69, 9.17) is 9.47 Å². The molecule has 0 atom stereocenters. The normalized spacial score (nSPS) is 14.9. The summed E-state index contributed by atoms with van der Waals surface area (Å²) in [4.78, 5) is 15.8. The Morgan fingerprint density at radius 2 is 1.84 bits per heavy atom. The summed E-state index contributed by atoms with van der Waals surface area (Å²) in [5.41, 5.74) is 1.65. The summed E-state index contributed by atoms with van der Waals surface area (Å²) < 4.78 is 14.6. The van der Waals surface area contributed by atoms with E-state index in [2.05, 4.69) is 15.1 Å². The van der Waals surface area contributed by atoms with E-state index in [0.717, 1.165) is 60.6 Å².